The summed E-state index contributed by atoms with van der Waals surface area (Å²) >= 11 is 3.44. The van der Waals surface area contributed by atoms with Gasteiger partial charge in [-0.05, 0) is 49.4 Å². The van der Waals surface area contributed by atoms with Gasteiger partial charge >= 0.3 is 0 Å². The van der Waals surface area contributed by atoms with Gasteiger partial charge in [0, 0.05) is 29.7 Å². The van der Waals surface area contributed by atoms with Crippen LogP contribution < -0.4 is 0 Å². The van der Waals surface area contributed by atoms with Gasteiger partial charge in [0.05, 0.1) is 0 Å². The lowest BCUT2D eigenvalue weighted by Crippen LogP contribution is -2.28. The fourth-order valence-corrected chi connectivity index (χ4v) is 2.64. The number of amides is 1. The van der Waals surface area contributed by atoms with Crippen LogP contribution >= 0.6 is 15.9 Å². The van der Waals surface area contributed by atoms with Gasteiger partial charge in [-0.15, -0.1) is 0 Å². The Hall–Kier alpha value is -0.870. The van der Waals surface area contributed by atoms with Crippen LogP contribution in [0, 0.1) is 12.8 Å². The van der Waals surface area contributed by atoms with E-state index in [4.69, 9.17) is 5.11 Å². The number of hydrogen-bond acceptors (Lipinski definition) is 2. The highest BCUT2D eigenvalue weighted by Gasteiger charge is 2.26. The fraction of sp³-hybridized carbons (Fsp3) is 0.500. The molecule has 0 aliphatic carbocycles. The van der Waals surface area contributed by atoms with E-state index in [1.54, 1.807) is 0 Å². The number of rotatable bonds is 3. The van der Waals surface area contributed by atoms with E-state index in [0.29, 0.717) is 5.92 Å². The van der Waals surface area contributed by atoms with Gasteiger partial charge < -0.3 is 10.0 Å². The number of nitrogens with zero attached hydrogens (tertiary/aromatic N) is 1. The summed E-state index contributed by atoms with van der Waals surface area (Å²) < 4.78 is 1.03. The molecule has 1 unspecified atom stereocenters. The molecule has 1 aliphatic heterocycles. The van der Waals surface area contributed by atoms with Gasteiger partial charge in [0.15, 0.2) is 0 Å². The van der Waals surface area contributed by atoms with Crippen LogP contribution in [0.5, 0.6) is 0 Å². The highest BCUT2D eigenvalue weighted by molar-refractivity contribution is 9.10. The molecule has 18 heavy (non-hydrogen) atoms. The van der Waals surface area contributed by atoms with Crippen LogP contribution in [0.1, 0.15) is 28.8 Å². The van der Waals surface area contributed by atoms with E-state index in [0.717, 1.165) is 41.5 Å². The first kappa shape index (κ1) is 13.6. The molecule has 1 amide bonds. The molecule has 1 aromatic carbocycles. The first-order valence-electron chi connectivity index (χ1n) is 6.28. The minimum Gasteiger partial charge on any atom is -0.396 e. The summed E-state index contributed by atoms with van der Waals surface area (Å²) in [5, 5.41) is 8.93. The normalized spacial score (nSPS) is 19.3. The molecule has 4 heteroatoms. The molecule has 1 aliphatic rings. The van der Waals surface area contributed by atoms with Gasteiger partial charge in [-0.25, -0.2) is 0 Å². The van der Waals surface area contributed by atoms with Gasteiger partial charge in [0.2, 0.25) is 0 Å². The number of aliphatic hydroxyl groups excluding tert-OH is 1. The lowest BCUT2D eigenvalue weighted by atomic mass is 10.1. The molecular formula is C14H18BrNO2. The molecule has 1 aromatic rings. The van der Waals surface area contributed by atoms with Crippen LogP contribution in [-0.4, -0.2) is 35.6 Å². The van der Waals surface area contributed by atoms with Crippen LogP contribution in [-0.2, 0) is 0 Å². The van der Waals surface area contributed by atoms with E-state index in [1.165, 1.54) is 0 Å². The average Bonchev–Trinajstić information content (AvgIpc) is 2.81. The topological polar surface area (TPSA) is 40.5 Å². The van der Waals surface area contributed by atoms with Crippen LogP contribution in [0.4, 0.5) is 0 Å². The molecule has 1 saturated heterocycles. The molecule has 1 N–H and O–H groups in total. The average molecular weight is 312 g/mol. The third-order valence-electron chi connectivity index (χ3n) is 3.52. The van der Waals surface area contributed by atoms with Crippen molar-refractivity contribution in [2.75, 3.05) is 19.7 Å². The largest absolute Gasteiger partial charge is 0.396 e. The Labute approximate surface area is 116 Å². The van der Waals surface area contributed by atoms with E-state index in [1.807, 2.05) is 30.0 Å². The Bertz CT molecular complexity index is 447. The molecule has 98 valence electrons. The number of aliphatic hydroxyl groups is 1. The van der Waals surface area contributed by atoms with Crippen molar-refractivity contribution in [3.8, 4) is 0 Å². The van der Waals surface area contributed by atoms with Crippen LogP contribution in [0.25, 0.3) is 0 Å². The zero-order chi connectivity index (χ0) is 13.1. The Kier molecular flexibility index (Phi) is 4.40. The molecule has 0 spiro atoms. The monoisotopic (exact) mass is 311 g/mol. The second-order valence-corrected chi connectivity index (χ2v) is 5.74. The second-order valence-electron chi connectivity index (χ2n) is 4.88. The second kappa shape index (κ2) is 5.85. The summed E-state index contributed by atoms with van der Waals surface area (Å²) in [6.07, 6.45) is 1.80. The summed E-state index contributed by atoms with van der Waals surface area (Å²) in [4.78, 5) is 14.2. The SMILES string of the molecule is Cc1cc(C(=O)N2CCC(CCO)C2)ccc1Br. The van der Waals surface area contributed by atoms with Crippen molar-refractivity contribution in [2.45, 2.75) is 19.8 Å². The quantitative estimate of drug-likeness (QED) is 0.932. The molecule has 1 fully saturated rings. The summed E-state index contributed by atoms with van der Waals surface area (Å²) in [5.74, 6) is 0.557. The first-order chi connectivity index (χ1) is 8.61. The molecule has 0 saturated carbocycles. The standard InChI is InChI=1S/C14H18BrNO2/c1-10-8-12(2-3-13(10)15)14(18)16-6-4-11(9-16)5-7-17/h2-3,8,11,17H,4-7,9H2,1H3. The number of carbonyl (C=O) groups excluding carboxylic acids is 1. The Balaban J connectivity index is 2.05. The summed E-state index contributed by atoms with van der Waals surface area (Å²) in [7, 11) is 0. The van der Waals surface area contributed by atoms with Gasteiger partial charge in [0.1, 0.15) is 0 Å². The maximum atomic E-state index is 12.3. The number of halogens is 1. The van der Waals surface area contributed by atoms with E-state index < -0.39 is 0 Å². The summed E-state index contributed by atoms with van der Waals surface area (Å²) in [6, 6.07) is 5.70. The van der Waals surface area contributed by atoms with Crippen molar-refractivity contribution in [3.63, 3.8) is 0 Å². The van der Waals surface area contributed by atoms with Gasteiger partial charge in [0.25, 0.3) is 5.91 Å². The van der Waals surface area contributed by atoms with Crippen molar-refractivity contribution in [1.82, 2.24) is 4.90 Å². The Morgan fingerprint density at radius 2 is 2.33 bits per heavy atom. The molecule has 0 radical (unpaired) electrons. The number of hydrogen-bond donors (Lipinski definition) is 1. The maximum Gasteiger partial charge on any atom is 0.253 e. The molecular weight excluding hydrogens is 294 g/mol. The first-order valence-corrected chi connectivity index (χ1v) is 7.07. The predicted octanol–water partition coefficient (Wildman–Crippen LogP) is 2.60. The maximum absolute atomic E-state index is 12.3. The van der Waals surface area contributed by atoms with Gasteiger partial charge in [-0.3, -0.25) is 4.79 Å². The number of benzene rings is 1. The third-order valence-corrected chi connectivity index (χ3v) is 4.41. The third kappa shape index (κ3) is 2.93. The van der Waals surface area contributed by atoms with E-state index in [-0.39, 0.29) is 12.5 Å². The predicted molar refractivity (Wildman–Crippen MR) is 74.6 cm³/mol. The van der Waals surface area contributed by atoms with Crippen molar-refractivity contribution in [2.24, 2.45) is 5.92 Å². The Morgan fingerprint density at radius 1 is 1.56 bits per heavy atom. The van der Waals surface area contributed by atoms with Crippen molar-refractivity contribution < 1.29 is 9.90 Å². The minimum absolute atomic E-state index is 0.103. The minimum atomic E-state index is 0.103. The smallest absolute Gasteiger partial charge is 0.253 e. The summed E-state index contributed by atoms with van der Waals surface area (Å²) in [5.41, 5.74) is 1.83. The van der Waals surface area contributed by atoms with E-state index >= 15 is 0 Å². The van der Waals surface area contributed by atoms with Gasteiger partial charge in [-0.1, -0.05) is 15.9 Å². The lowest BCUT2D eigenvalue weighted by Gasteiger charge is -2.17. The number of carbonyl (C=O) groups is 1. The van der Waals surface area contributed by atoms with E-state index in [9.17, 15) is 4.79 Å². The number of aryl methyl sites for hydroxylation is 1. The fourth-order valence-electron chi connectivity index (χ4n) is 2.40. The lowest BCUT2D eigenvalue weighted by molar-refractivity contribution is 0.0784. The molecule has 1 heterocycles. The zero-order valence-corrected chi connectivity index (χ0v) is 12.1. The highest BCUT2D eigenvalue weighted by atomic mass is 79.9. The van der Waals surface area contributed by atoms with Crippen LogP contribution in [0.3, 0.4) is 0 Å². The molecule has 2 rings (SSSR count). The molecule has 1 atom stereocenters. The van der Waals surface area contributed by atoms with Crippen molar-refractivity contribution in [1.29, 1.82) is 0 Å². The van der Waals surface area contributed by atoms with Gasteiger partial charge in [-0.2, -0.15) is 0 Å². The molecule has 0 aromatic heterocycles. The van der Waals surface area contributed by atoms with Crippen molar-refractivity contribution in [3.05, 3.63) is 33.8 Å². The van der Waals surface area contributed by atoms with E-state index in [2.05, 4.69) is 15.9 Å². The van der Waals surface area contributed by atoms with Crippen LogP contribution in [0.2, 0.25) is 0 Å². The van der Waals surface area contributed by atoms with Crippen LogP contribution in [0.15, 0.2) is 22.7 Å². The highest BCUT2D eigenvalue weighted by Crippen LogP contribution is 2.23. The molecule has 3 nitrogen and oxygen atoms in total. The molecule has 0 bridgehead atoms. The zero-order valence-electron chi connectivity index (χ0n) is 10.5. The van der Waals surface area contributed by atoms with Crippen molar-refractivity contribution >= 4 is 21.8 Å². The Morgan fingerprint density at radius 3 is 3.00 bits per heavy atom. The summed E-state index contributed by atoms with van der Waals surface area (Å²) in [6.45, 7) is 3.77. The number of likely N-dealkylation sites (tertiary alicyclic amines) is 1.